The minimum Gasteiger partial charge on any atom is -0.361 e. The fourth-order valence-corrected chi connectivity index (χ4v) is 3.54. The molecule has 5 nitrogen and oxygen atoms in total. The predicted octanol–water partition coefficient (Wildman–Crippen LogP) is 2.62. The first-order valence-electron chi connectivity index (χ1n) is 8.80. The largest absolute Gasteiger partial charge is 0.361 e. The molecule has 0 bridgehead atoms. The molecule has 2 aromatic rings. The molecule has 5 heteroatoms. The van der Waals surface area contributed by atoms with Crippen LogP contribution in [-0.4, -0.2) is 40.8 Å². The van der Waals surface area contributed by atoms with Crippen LogP contribution in [0.25, 0.3) is 10.9 Å². The lowest BCUT2D eigenvalue weighted by Crippen LogP contribution is -2.47. The van der Waals surface area contributed by atoms with Crippen molar-refractivity contribution in [3.8, 4) is 0 Å². The highest BCUT2D eigenvalue weighted by Gasteiger charge is 2.25. The van der Waals surface area contributed by atoms with E-state index < -0.39 is 0 Å². The van der Waals surface area contributed by atoms with Crippen molar-refractivity contribution < 1.29 is 9.59 Å². The summed E-state index contributed by atoms with van der Waals surface area (Å²) < 4.78 is 0. The molecule has 1 aliphatic rings. The van der Waals surface area contributed by atoms with Crippen LogP contribution in [0, 0.1) is 0 Å². The molecule has 2 heterocycles. The van der Waals surface area contributed by atoms with Gasteiger partial charge in [-0.25, -0.2) is 0 Å². The number of likely N-dealkylation sites (tertiary alicyclic amines) is 1. The van der Waals surface area contributed by atoms with Crippen molar-refractivity contribution in [3.05, 3.63) is 36.0 Å². The van der Waals surface area contributed by atoms with Crippen molar-refractivity contribution in [1.29, 1.82) is 0 Å². The molecule has 3 rings (SSSR count). The lowest BCUT2D eigenvalue weighted by atomic mass is 10.00. The van der Waals surface area contributed by atoms with E-state index in [0.717, 1.165) is 42.3 Å². The van der Waals surface area contributed by atoms with E-state index in [1.165, 1.54) is 6.42 Å². The quantitative estimate of drug-likeness (QED) is 0.886. The number of hydrogen-bond acceptors (Lipinski definition) is 2. The Balaban J connectivity index is 1.54. The van der Waals surface area contributed by atoms with Crippen LogP contribution in [0.2, 0.25) is 0 Å². The van der Waals surface area contributed by atoms with Gasteiger partial charge in [-0.1, -0.05) is 25.1 Å². The van der Waals surface area contributed by atoms with Gasteiger partial charge in [-0.3, -0.25) is 9.59 Å². The van der Waals surface area contributed by atoms with Crippen molar-refractivity contribution in [2.75, 3.05) is 13.1 Å². The average Bonchev–Trinajstić information content (AvgIpc) is 3.02. The summed E-state index contributed by atoms with van der Waals surface area (Å²) >= 11 is 0. The molecule has 1 atom stereocenters. The van der Waals surface area contributed by atoms with Gasteiger partial charge in [0.15, 0.2) is 0 Å². The van der Waals surface area contributed by atoms with E-state index in [2.05, 4.69) is 17.2 Å². The fraction of sp³-hybridized carbons (Fsp3) is 0.474. The zero-order valence-electron chi connectivity index (χ0n) is 14.2. The van der Waals surface area contributed by atoms with Crippen LogP contribution in [0.15, 0.2) is 30.5 Å². The molecule has 0 aliphatic carbocycles. The second-order valence-electron chi connectivity index (χ2n) is 6.46. The van der Waals surface area contributed by atoms with Crippen LogP contribution in [0.5, 0.6) is 0 Å². The van der Waals surface area contributed by atoms with Gasteiger partial charge in [0.2, 0.25) is 11.8 Å². The first kappa shape index (κ1) is 16.6. The van der Waals surface area contributed by atoms with Gasteiger partial charge in [0.05, 0.1) is 13.0 Å². The van der Waals surface area contributed by atoms with Crippen LogP contribution in [0.1, 0.15) is 38.2 Å². The number of carbonyl (C=O) groups is 2. The van der Waals surface area contributed by atoms with E-state index in [9.17, 15) is 9.59 Å². The molecule has 2 N–H and O–H groups in total. The Morgan fingerprint density at radius 2 is 2.12 bits per heavy atom. The maximum Gasteiger partial charge on any atom is 0.242 e. The predicted molar refractivity (Wildman–Crippen MR) is 94.7 cm³/mol. The number of benzene rings is 1. The Hall–Kier alpha value is -2.30. The van der Waals surface area contributed by atoms with Crippen LogP contribution >= 0.6 is 0 Å². The molecule has 1 aliphatic heterocycles. The van der Waals surface area contributed by atoms with Crippen molar-refractivity contribution in [2.24, 2.45) is 0 Å². The van der Waals surface area contributed by atoms with Gasteiger partial charge >= 0.3 is 0 Å². The number of rotatable bonds is 5. The molecule has 1 unspecified atom stereocenters. The first-order chi connectivity index (χ1) is 11.7. The maximum absolute atomic E-state index is 12.4. The Bertz CT molecular complexity index is 722. The molecule has 0 spiro atoms. The van der Waals surface area contributed by atoms with Gasteiger partial charge in [0.1, 0.15) is 0 Å². The van der Waals surface area contributed by atoms with Gasteiger partial charge < -0.3 is 15.2 Å². The van der Waals surface area contributed by atoms with Crippen molar-refractivity contribution in [2.45, 2.75) is 45.1 Å². The van der Waals surface area contributed by atoms with Gasteiger partial charge in [0.25, 0.3) is 0 Å². The normalized spacial score (nSPS) is 17.9. The van der Waals surface area contributed by atoms with Crippen LogP contribution in [0.4, 0.5) is 0 Å². The van der Waals surface area contributed by atoms with Gasteiger partial charge in [0, 0.05) is 29.7 Å². The Morgan fingerprint density at radius 3 is 2.96 bits per heavy atom. The van der Waals surface area contributed by atoms with E-state index in [1.807, 2.05) is 35.4 Å². The second-order valence-corrected chi connectivity index (χ2v) is 6.46. The average molecular weight is 327 g/mol. The molecule has 128 valence electrons. The van der Waals surface area contributed by atoms with E-state index in [-0.39, 0.29) is 24.8 Å². The summed E-state index contributed by atoms with van der Waals surface area (Å²) in [6.45, 7) is 3.03. The first-order valence-corrected chi connectivity index (χ1v) is 8.80. The highest BCUT2D eigenvalue weighted by Crippen LogP contribution is 2.20. The number of carbonyl (C=O) groups excluding carboxylic acids is 2. The van der Waals surface area contributed by atoms with Gasteiger partial charge in [-0.15, -0.1) is 0 Å². The molecule has 1 aromatic carbocycles. The van der Waals surface area contributed by atoms with E-state index >= 15 is 0 Å². The van der Waals surface area contributed by atoms with E-state index in [1.54, 1.807) is 0 Å². The number of amides is 2. The molecular formula is C19H25N3O2. The summed E-state index contributed by atoms with van der Waals surface area (Å²) in [5, 5.41) is 3.84. The minimum atomic E-state index is -0.113. The van der Waals surface area contributed by atoms with E-state index in [0.29, 0.717) is 6.04 Å². The number of aromatic amines is 1. The van der Waals surface area contributed by atoms with Crippen molar-refractivity contribution in [3.63, 3.8) is 0 Å². The smallest absolute Gasteiger partial charge is 0.242 e. The monoisotopic (exact) mass is 327 g/mol. The molecule has 2 amide bonds. The Morgan fingerprint density at radius 1 is 1.29 bits per heavy atom. The zero-order valence-corrected chi connectivity index (χ0v) is 14.2. The third-order valence-corrected chi connectivity index (χ3v) is 4.88. The standard InChI is InChI=1S/C19H25N3O2/c1-2-15-7-5-6-10-22(15)19(24)13-21-18(23)11-14-12-20-17-9-4-3-8-16(14)17/h3-4,8-9,12,15,20H,2,5-7,10-11,13H2,1H3,(H,21,23). The molecule has 0 saturated carbocycles. The summed E-state index contributed by atoms with van der Waals surface area (Å²) in [6, 6.07) is 8.24. The third kappa shape index (κ3) is 3.61. The maximum atomic E-state index is 12.4. The number of H-pyrrole nitrogens is 1. The summed E-state index contributed by atoms with van der Waals surface area (Å²) in [6.07, 6.45) is 6.46. The minimum absolute atomic E-state index is 0.0360. The van der Waals surface area contributed by atoms with Crippen LogP contribution in [0.3, 0.4) is 0 Å². The molecule has 1 fully saturated rings. The number of nitrogens with one attached hydrogen (secondary N) is 2. The number of fused-ring (bicyclic) bond motifs is 1. The van der Waals surface area contributed by atoms with Crippen LogP contribution < -0.4 is 5.32 Å². The third-order valence-electron chi connectivity index (χ3n) is 4.88. The van der Waals surface area contributed by atoms with Gasteiger partial charge in [-0.05, 0) is 37.3 Å². The molecule has 1 saturated heterocycles. The topological polar surface area (TPSA) is 65.2 Å². The Labute approximate surface area is 142 Å². The summed E-state index contributed by atoms with van der Waals surface area (Å²) in [5.41, 5.74) is 1.98. The fourth-order valence-electron chi connectivity index (χ4n) is 3.54. The summed E-state index contributed by atoms with van der Waals surface area (Å²) in [4.78, 5) is 29.7. The summed E-state index contributed by atoms with van der Waals surface area (Å²) in [5.74, 6) is -0.0769. The lowest BCUT2D eigenvalue weighted by molar-refractivity contribution is -0.135. The molecular weight excluding hydrogens is 302 g/mol. The van der Waals surface area contributed by atoms with Crippen molar-refractivity contribution >= 4 is 22.7 Å². The Kier molecular flexibility index (Phi) is 5.18. The van der Waals surface area contributed by atoms with Crippen LogP contribution in [-0.2, 0) is 16.0 Å². The number of hydrogen-bond donors (Lipinski definition) is 2. The number of aromatic nitrogens is 1. The van der Waals surface area contributed by atoms with Gasteiger partial charge in [-0.2, -0.15) is 0 Å². The number of nitrogens with zero attached hydrogens (tertiary/aromatic N) is 1. The van der Waals surface area contributed by atoms with Crippen molar-refractivity contribution in [1.82, 2.24) is 15.2 Å². The zero-order chi connectivity index (χ0) is 16.9. The number of piperidine rings is 1. The molecule has 0 radical (unpaired) electrons. The number of para-hydroxylation sites is 1. The van der Waals surface area contributed by atoms with E-state index in [4.69, 9.17) is 0 Å². The molecule has 1 aromatic heterocycles. The second kappa shape index (κ2) is 7.51. The SMILES string of the molecule is CCC1CCCCN1C(=O)CNC(=O)Cc1c[nH]c2ccccc12. The lowest BCUT2D eigenvalue weighted by Gasteiger charge is -2.35. The highest BCUT2D eigenvalue weighted by molar-refractivity contribution is 5.90. The summed E-state index contributed by atoms with van der Waals surface area (Å²) in [7, 11) is 0. The molecule has 24 heavy (non-hydrogen) atoms. The highest BCUT2D eigenvalue weighted by atomic mass is 16.2.